The largest absolute Gasteiger partial charge is 0.387 e. The zero-order valence-electron chi connectivity index (χ0n) is 13.2. The predicted molar refractivity (Wildman–Crippen MR) is 92.2 cm³/mol. The molecule has 1 amide bonds. The highest BCUT2D eigenvalue weighted by Crippen LogP contribution is 2.22. The molecule has 0 aliphatic carbocycles. The van der Waals surface area contributed by atoms with Crippen LogP contribution in [0.5, 0.6) is 0 Å². The summed E-state index contributed by atoms with van der Waals surface area (Å²) in [5.74, 6) is -0.161. The van der Waals surface area contributed by atoms with Gasteiger partial charge in [-0.15, -0.1) is 16.4 Å². The Bertz CT molecular complexity index is 770. The molecule has 2 atom stereocenters. The Hall–Kier alpha value is -2.51. The van der Waals surface area contributed by atoms with Crippen molar-refractivity contribution in [3.05, 3.63) is 64.6 Å². The zero-order valence-corrected chi connectivity index (χ0v) is 14.0. The van der Waals surface area contributed by atoms with Crippen molar-refractivity contribution < 1.29 is 9.90 Å². The van der Waals surface area contributed by atoms with Gasteiger partial charge in [0, 0.05) is 16.5 Å². The van der Waals surface area contributed by atoms with Crippen LogP contribution in [0.3, 0.4) is 0 Å². The quantitative estimate of drug-likeness (QED) is 0.721. The second-order valence-electron chi connectivity index (χ2n) is 5.54. The molecule has 0 aliphatic rings. The third kappa shape index (κ3) is 3.87. The minimum atomic E-state index is -0.560. The van der Waals surface area contributed by atoms with Crippen LogP contribution >= 0.6 is 11.3 Å². The van der Waals surface area contributed by atoms with E-state index >= 15 is 0 Å². The summed E-state index contributed by atoms with van der Waals surface area (Å²) in [4.78, 5) is 13.2. The van der Waals surface area contributed by atoms with E-state index in [2.05, 4.69) is 15.6 Å². The summed E-state index contributed by atoms with van der Waals surface area (Å²) in [7, 11) is 0. The fraction of sp³-hybridized carbons (Fsp3) is 0.235. The Balaban J connectivity index is 1.58. The van der Waals surface area contributed by atoms with E-state index in [4.69, 9.17) is 0 Å². The molecule has 0 saturated heterocycles. The molecule has 3 rings (SSSR count). The van der Waals surface area contributed by atoms with E-state index < -0.39 is 6.10 Å². The van der Waals surface area contributed by atoms with Crippen molar-refractivity contribution in [2.75, 3.05) is 0 Å². The van der Waals surface area contributed by atoms with Crippen LogP contribution < -0.4 is 5.32 Å². The van der Waals surface area contributed by atoms with Gasteiger partial charge in [-0.3, -0.25) is 4.79 Å². The minimum absolute atomic E-state index is 0.135. The first-order chi connectivity index (χ1) is 11.6. The van der Waals surface area contributed by atoms with Gasteiger partial charge in [-0.2, -0.15) is 0 Å². The van der Waals surface area contributed by atoms with Gasteiger partial charge in [0.25, 0.3) is 5.91 Å². The van der Waals surface area contributed by atoms with Gasteiger partial charge >= 0.3 is 0 Å². The number of aliphatic hydroxyl groups is 1. The monoisotopic (exact) mass is 342 g/mol. The van der Waals surface area contributed by atoms with Crippen molar-refractivity contribution in [1.29, 1.82) is 0 Å². The normalized spacial score (nSPS) is 13.4. The van der Waals surface area contributed by atoms with E-state index in [-0.39, 0.29) is 11.9 Å². The van der Waals surface area contributed by atoms with Crippen molar-refractivity contribution in [3.8, 4) is 5.69 Å². The first kappa shape index (κ1) is 16.4. The van der Waals surface area contributed by atoms with Crippen LogP contribution in [0.25, 0.3) is 5.69 Å². The smallest absolute Gasteiger partial charge is 0.251 e. The van der Waals surface area contributed by atoms with Crippen molar-refractivity contribution in [3.63, 3.8) is 0 Å². The molecule has 0 fully saturated rings. The van der Waals surface area contributed by atoms with Crippen molar-refractivity contribution >= 4 is 17.2 Å². The van der Waals surface area contributed by atoms with E-state index in [0.717, 1.165) is 10.6 Å². The van der Waals surface area contributed by atoms with Gasteiger partial charge < -0.3 is 10.4 Å². The fourth-order valence-electron chi connectivity index (χ4n) is 2.41. The maximum absolute atomic E-state index is 12.3. The minimum Gasteiger partial charge on any atom is -0.387 e. The van der Waals surface area contributed by atoms with Crippen molar-refractivity contribution in [1.82, 2.24) is 20.3 Å². The SMILES string of the molecule is CC(CC(O)c1cccs1)NC(=O)c1ccc(-n2ccnn2)cc1. The van der Waals surface area contributed by atoms with Crippen LogP contribution in [-0.4, -0.2) is 32.0 Å². The molecule has 0 bridgehead atoms. The number of rotatable bonds is 6. The number of thiophene rings is 1. The van der Waals surface area contributed by atoms with Gasteiger partial charge in [-0.25, -0.2) is 4.68 Å². The zero-order chi connectivity index (χ0) is 16.9. The van der Waals surface area contributed by atoms with Gasteiger partial charge in [0.15, 0.2) is 0 Å². The lowest BCUT2D eigenvalue weighted by atomic mass is 10.1. The van der Waals surface area contributed by atoms with Gasteiger partial charge in [0.05, 0.1) is 24.2 Å². The Morgan fingerprint density at radius 3 is 2.75 bits per heavy atom. The predicted octanol–water partition coefficient (Wildman–Crippen LogP) is 2.57. The molecule has 0 saturated carbocycles. The summed E-state index contributed by atoms with van der Waals surface area (Å²) in [6.07, 6.45) is 3.25. The maximum atomic E-state index is 12.3. The highest BCUT2D eigenvalue weighted by Gasteiger charge is 2.16. The Morgan fingerprint density at radius 1 is 1.33 bits per heavy atom. The van der Waals surface area contributed by atoms with Gasteiger partial charge in [0.2, 0.25) is 0 Å². The van der Waals surface area contributed by atoms with Crippen LogP contribution in [0, 0.1) is 0 Å². The van der Waals surface area contributed by atoms with Crippen LogP contribution in [0.4, 0.5) is 0 Å². The van der Waals surface area contributed by atoms with E-state index in [1.165, 1.54) is 11.3 Å². The summed E-state index contributed by atoms with van der Waals surface area (Å²) < 4.78 is 1.63. The molecule has 0 radical (unpaired) electrons. The molecule has 1 aromatic carbocycles. The molecule has 7 heteroatoms. The summed E-state index contributed by atoms with van der Waals surface area (Å²) in [5.41, 5.74) is 1.40. The Kier molecular flexibility index (Phi) is 5.02. The third-order valence-electron chi connectivity index (χ3n) is 3.64. The number of aromatic nitrogens is 3. The molecular weight excluding hydrogens is 324 g/mol. The van der Waals surface area contributed by atoms with Crippen LogP contribution in [-0.2, 0) is 0 Å². The lowest BCUT2D eigenvalue weighted by Crippen LogP contribution is -2.33. The topological polar surface area (TPSA) is 80.0 Å². The van der Waals surface area contributed by atoms with E-state index in [1.807, 2.05) is 36.6 Å². The molecule has 3 aromatic rings. The molecule has 2 unspecified atom stereocenters. The van der Waals surface area contributed by atoms with Crippen molar-refractivity contribution in [2.45, 2.75) is 25.5 Å². The third-order valence-corrected chi connectivity index (χ3v) is 4.62. The molecule has 124 valence electrons. The standard InChI is InChI=1S/C17H18N4O2S/c1-12(11-15(22)16-3-2-10-24-16)19-17(23)13-4-6-14(7-5-13)21-9-8-18-20-21/h2-10,12,15,22H,11H2,1H3,(H,19,23). The first-order valence-electron chi connectivity index (χ1n) is 7.62. The lowest BCUT2D eigenvalue weighted by Gasteiger charge is -2.17. The molecule has 0 spiro atoms. The molecule has 2 aromatic heterocycles. The number of carbonyl (C=O) groups is 1. The number of nitrogens with one attached hydrogen (secondary N) is 1. The second kappa shape index (κ2) is 7.37. The molecular formula is C17H18N4O2S. The van der Waals surface area contributed by atoms with Crippen molar-refractivity contribution in [2.24, 2.45) is 0 Å². The number of benzene rings is 1. The van der Waals surface area contributed by atoms with E-state index in [1.54, 1.807) is 29.2 Å². The van der Waals surface area contributed by atoms with Crippen LogP contribution in [0.1, 0.15) is 34.7 Å². The first-order valence-corrected chi connectivity index (χ1v) is 8.50. The summed E-state index contributed by atoms with van der Waals surface area (Å²) in [6.45, 7) is 1.89. The summed E-state index contributed by atoms with van der Waals surface area (Å²) >= 11 is 1.51. The summed E-state index contributed by atoms with van der Waals surface area (Å²) in [6, 6.07) is 10.8. The molecule has 2 heterocycles. The second-order valence-corrected chi connectivity index (χ2v) is 6.52. The molecule has 2 N–H and O–H groups in total. The fourth-order valence-corrected chi connectivity index (χ4v) is 3.13. The number of carbonyl (C=O) groups excluding carboxylic acids is 1. The highest BCUT2D eigenvalue weighted by atomic mass is 32.1. The average Bonchev–Trinajstić information content (AvgIpc) is 3.28. The lowest BCUT2D eigenvalue weighted by molar-refractivity contribution is 0.0918. The molecule has 0 aliphatic heterocycles. The number of hydrogen-bond acceptors (Lipinski definition) is 5. The molecule has 24 heavy (non-hydrogen) atoms. The van der Waals surface area contributed by atoms with Gasteiger partial charge in [-0.05, 0) is 49.1 Å². The summed E-state index contributed by atoms with van der Waals surface area (Å²) in [5, 5.41) is 22.7. The van der Waals surface area contributed by atoms with Crippen LogP contribution in [0.15, 0.2) is 54.2 Å². The number of amides is 1. The van der Waals surface area contributed by atoms with E-state index in [0.29, 0.717) is 12.0 Å². The molecule has 6 nitrogen and oxygen atoms in total. The average molecular weight is 342 g/mol. The van der Waals surface area contributed by atoms with Crippen LogP contribution in [0.2, 0.25) is 0 Å². The number of aliphatic hydroxyl groups excluding tert-OH is 1. The number of hydrogen-bond donors (Lipinski definition) is 2. The van der Waals surface area contributed by atoms with Gasteiger partial charge in [-0.1, -0.05) is 11.3 Å². The highest BCUT2D eigenvalue weighted by molar-refractivity contribution is 7.10. The maximum Gasteiger partial charge on any atom is 0.251 e. The number of nitrogens with zero attached hydrogens (tertiary/aromatic N) is 3. The van der Waals surface area contributed by atoms with Gasteiger partial charge in [0.1, 0.15) is 0 Å². The Labute approximate surface area is 143 Å². The van der Waals surface area contributed by atoms with E-state index in [9.17, 15) is 9.90 Å². The Morgan fingerprint density at radius 2 is 2.12 bits per heavy atom.